The molecule has 0 aromatic carbocycles. The van der Waals surface area contributed by atoms with Gasteiger partial charge in [0.05, 0.1) is 12.0 Å². The molecule has 17 heavy (non-hydrogen) atoms. The molecular weight excluding hydrogens is 222 g/mol. The van der Waals surface area contributed by atoms with Crippen molar-refractivity contribution in [3.8, 4) is 0 Å². The molecule has 0 radical (unpaired) electrons. The first-order valence-corrected chi connectivity index (χ1v) is 6.18. The van der Waals surface area contributed by atoms with Gasteiger partial charge in [-0.25, -0.2) is 0 Å². The van der Waals surface area contributed by atoms with Crippen molar-refractivity contribution in [1.29, 1.82) is 0 Å². The minimum absolute atomic E-state index is 0.0605. The van der Waals surface area contributed by atoms with Crippen molar-refractivity contribution in [2.75, 3.05) is 13.1 Å². The van der Waals surface area contributed by atoms with E-state index in [1.807, 2.05) is 13.8 Å². The Kier molecular flexibility index (Phi) is 4.93. The summed E-state index contributed by atoms with van der Waals surface area (Å²) in [5.41, 5.74) is 0. The Morgan fingerprint density at radius 2 is 2.06 bits per heavy atom. The summed E-state index contributed by atoms with van der Waals surface area (Å²) in [4.78, 5) is 23.8. The molecule has 1 fully saturated rings. The van der Waals surface area contributed by atoms with Crippen LogP contribution in [0.25, 0.3) is 0 Å². The minimum Gasteiger partial charge on any atom is -0.481 e. The molecule has 0 aromatic heterocycles. The third-order valence-electron chi connectivity index (χ3n) is 3.56. The number of nitrogens with zero attached hydrogens (tertiary/aromatic N) is 1. The zero-order valence-electron chi connectivity index (χ0n) is 10.4. The highest BCUT2D eigenvalue weighted by Gasteiger charge is 2.35. The van der Waals surface area contributed by atoms with Crippen LogP contribution in [0.15, 0.2) is 0 Å². The van der Waals surface area contributed by atoms with E-state index in [2.05, 4.69) is 0 Å². The van der Waals surface area contributed by atoms with E-state index in [4.69, 9.17) is 5.11 Å². The van der Waals surface area contributed by atoms with Crippen molar-refractivity contribution in [2.45, 2.75) is 39.2 Å². The number of aliphatic hydroxyl groups excluding tert-OH is 1. The Bertz CT molecular complexity index is 288. The first-order chi connectivity index (χ1) is 7.99. The molecule has 2 unspecified atom stereocenters. The second-order valence-electron chi connectivity index (χ2n) is 4.68. The lowest BCUT2D eigenvalue weighted by molar-refractivity contribution is -0.141. The van der Waals surface area contributed by atoms with E-state index in [-0.39, 0.29) is 31.3 Å². The largest absolute Gasteiger partial charge is 0.481 e. The molecule has 1 aliphatic heterocycles. The van der Waals surface area contributed by atoms with Crippen LogP contribution in [0, 0.1) is 11.8 Å². The third-order valence-corrected chi connectivity index (χ3v) is 3.56. The van der Waals surface area contributed by atoms with Gasteiger partial charge in [-0.3, -0.25) is 9.59 Å². The maximum atomic E-state index is 11.6. The van der Waals surface area contributed by atoms with Crippen LogP contribution < -0.4 is 0 Å². The van der Waals surface area contributed by atoms with Gasteiger partial charge in [0.25, 0.3) is 0 Å². The number of hydrogen-bond donors (Lipinski definition) is 2. The fraction of sp³-hybridized carbons (Fsp3) is 0.833. The van der Waals surface area contributed by atoms with Crippen LogP contribution in [0.1, 0.15) is 33.1 Å². The lowest BCUT2D eigenvalue weighted by atomic mass is 9.96. The van der Waals surface area contributed by atoms with Crippen molar-refractivity contribution in [1.82, 2.24) is 4.90 Å². The maximum absolute atomic E-state index is 11.6. The molecule has 1 saturated heterocycles. The molecule has 98 valence electrons. The summed E-state index contributed by atoms with van der Waals surface area (Å²) in [6.45, 7) is 4.49. The van der Waals surface area contributed by atoms with Crippen molar-refractivity contribution < 1.29 is 19.8 Å². The molecule has 1 amide bonds. The standard InChI is InChI=1S/C12H21NO4/c1-3-8(4-2)10(14)7-13-6-9(12(16)17)5-11(13)15/h8-10,14H,3-7H2,1-2H3,(H,16,17). The van der Waals surface area contributed by atoms with Crippen LogP contribution in [-0.4, -0.2) is 46.2 Å². The number of likely N-dealkylation sites (tertiary alicyclic amines) is 1. The molecule has 0 aliphatic carbocycles. The Hall–Kier alpha value is -1.10. The van der Waals surface area contributed by atoms with Crippen molar-refractivity contribution in [3.05, 3.63) is 0 Å². The van der Waals surface area contributed by atoms with Crippen LogP contribution in [0.4, 0.5) is 0 Å². The first kappa shape index (κ1) is 14.0. The van der Waals surface area contributed by atoms with E-state index in [9.17, 15) is 14.7 Å². The van der Waals surface area contributed by atoms with Gasteiger partial charge in [0.1, 0.15) is 0 Å². The molecule has 0 saturated carbocycles. The van der Waals surface area contributed by atoms with E-state index in [0.29, 0.717) is 0 Å². The highest BCUT2D eigenvalue weighted by molar-refractivity contribution is 5.86. The Balaban J connectivity index is 2.52. The summed E-state index contributed by atoms with van der Waals surface area (Å²) in [6, 6.07) is 0. The van der Waals surface area contributed by atoms with Gasteiger partial charge in [-0.15, -0.1) is 0 Å². The van der Waals surface area contributed by atoms with Gasteiger partial charge in [-0.2, -0.15) is 0 Å². The summed E-state index contributed by atoms with van der Waals surface area (Å²) < 4.78 is 0. The molecular formula is C12H21NO4. The monoisotopic (exact) mass is 243 g/mol. The summed E-state index contributed by atoms with van der Waals surface area (Å²) in [6.07, 6.45) is 1.23. The highest BCUT2D eigenvalue weighted by Crippen LogP contribution is 2.21. The molecule has 1 heterocycles. The van der Waals surface area contributed by atoms with Crippen LogP contribution in [0.2, 0.25) is 0 Å². The van der Waals surface area contributed by atoms with Crippen LogP contribution in [0.5, 0.6) is 0 Å². The number of carbonyl (C=O) groups excluding carboxylic acids is 1. The number of carboxylic acids is 1. The number of carbonyl (C=O) groups is 2. The quantitative estimate of drug-likeness (QED) is 0.720. The van der Waals surface area contributed by atoms with E-state index in [1.54, 1.807) is 0 Å². The topological polar surface area (TPSA) is 77.8 Å². The molecule has 2 atom stereocenters. The number of amides is 1. The van der Waals surface area contributed by atoms with Crippen LogP contribution in [0.3, 0.4) is 0 Å². The molecule has 5 nitrogen and oxygen atoms in total. The second-order valence-corrected chi connectivity index (χ2v) is 4.68. The fourth-order valence-corrected chi connectivity index (χ4v) is 2.32. The van der Waals surface area contributed by atoms with Gasteiger partial charge in [-0.1, -0.05) is 26.7 Å². The van der Waals surface area contributed by atoms with Crippen molar-refractivity contribution in [3.63, 3.8) is 0 Å². The number of β-amino-alcohol motifs (C(OH)–C–C–N with tert-alkyl or cyclic N) is 1. The van der Waals surface area contributed by atoms with Gasteiger partial charge in [0.2, 0.25) is 5.91 Å². The number of aliphatic carboxylic acids is 1. The van der Waals surface area contributed by atoms with E-state index in [1.165, 1.54) is 4.90 Å². The average molecular weight is 243 g/mol. The smallest absolute Gasteiger partial charge is 0.308 e. The zero-order chi connectivity index (χ0) is 13.0. The predicted octanol–water partition coefficient (Wildman–Crippen LogP) is 0.717. The van der Waals surface area contributed by atoms with Gasteiger partial charge < -0.3 is 15.1 Å². The number of hydrogen-bond acceptors (Lipinski definition) is 3. The van der Waals surface area contributed by atoms with Crippen LogP contribution >= 0.6 is 0 Å². The number of rotatable bonds is 6. The molecule has 0 bridgehead atoms. The molecule has 1 rings (SSSR count). The fourth-order valence-electron chi connectivity index (χ4n) is 2.32. The first-order valence-electron chi connectivity index (χ1n) is 6.18. The molecule has 2 N–H and O–H groups in total. The molecule has 0 spiro atoms. The summed E-state index contributed by atoms with van der Waals surface area (Å²) in [7, 11) is 0. The van der Waals surface area contributed by atoms with E-state index in [0.717, 1.165) is 12.8 Å². The Morgan fingerprint density at radius 3 is 2.47 bits per heavy atom. The van der Waals surface area contributed by atoms with Gasteiger partial charge in [0, 0.05) is 19.5 Å². The minimum atomic E-state index is -0.933. The number of carboxylic acid groups (broad SMARTS) is 1. The normalized spacial score (nSPS) is 22.2. The second kappa shape index (κ2) is 6.00. The maximum Gasteiger partial charge on any atom is 0.308 e. The number of aliphatic hydroxyl groups is 1. The van der Waals surface area contributed by atoms with E-state index < -0.39 is 18.0 Å². The highest BCUT2D eigenvalue weighted by atomic mass is 16.4. The van der Waals surface area contributed by atoms with Gasteiger partial charge in [0.15, 0.2) is 0 Å². The summed E-state index contributed by atoms with van der Waals surface area (Å²) >= 11 is 0. The van der Waals surface area contributed by atoms with Crippen LogP contribution in [-0.2, 0) is 9.59 Å². The molecule has 0 aromatic rings. The summed E-state index contributed by atoms with van der Waals surface area (Å²) in [5.74, 6) is -1.54. The van der Waals surface area contributed by atoms with Gasteiger partial charge in [-0.05, 0) is 5.92 Å². The SMILES string of the molecule is CCC(CC)C(O)CN1CC(C(=O)O)CC1=O. The predicted molar refractivity (Wildman–Crippen MR) is 62.4 cm³/mol. The van der Waals surface area contributed by atoms with Crippen molar-refractivity contribution in [2.24, 2.45) is 11.8 Å². The molecule has 5 heteroatoms. The average Bonchev–Trinajstić information content (AvgIpc) is 2.62. The summed E-state index contributed by atoms with van der Waals surface area (Å²) in [5, 5.41) is 18.8. The third kappa shape index (κ3) is 3.43. The Morgan fingerprint density at radius 1 is 1.47 bits per heavy atom. The van der Waals surface area contributed by atoms with Crippen molar-refractivity contribution >= 4 is 11.9 Å². The lowest BCUT2D eigenvalue weighted by Crippen LogP contribution is -2.37. The Labute approximate surface area is 101 Å². The zero-order valence-corrected chi connectivity index (χ0v) is 10.4. The lowest BCUT2D eigenvalue weighted by Gasteiger charge is -2.25. The van der Waals surface area contributed by atoms with E-state index >= 15 is 0 Å². The molecule has 1 aliphatic rings. The van der Waals surface area contributed by atoms with Gasteiger partial charge >= 0.3 is 5.97 Å².